The van der Waals surface area contributed by atoms with Crippen molar-refractivity contribution in [2.24, 2.45) is 0 Å². The van der Waals surface area contributed by atoms with E-state index in [0.29, 0.717) is 12.2 Å². The topological polar surface area (TPSA) is 59.8 Å². The van der Waals surface area contributed by atoms with Crippen LogP contribution in [0.4, 0.5) is 0 Å². The van der Waals surface area contributed by atoms with Gasteiger partial charge >= 0.3 is 11.4 Å². The summed E-state index contributed by atoms with van der Waals surface area (Å²) >= 11 is 0. The molecule has 0 fully saturated rings. The number of rotatable bonds is 3. The maximum absolute atomic E-state index is 11.9. The summed E-state index contributed by atoms with van der Waals surface area (Å²) in [7, 11) is 0. The molecule has 1 heterocycles. The third kappa shape index (κ3) is 3.53. The van der Waals surface area contributed by atoms with Crippen LogP contribution in [0, 0.1) is 0 Å². The predicted octanol–water partition coefficient (Wildman–Crippen LogP) is 0.995. The summed E-state index contributed by atoms with van der Waals surface area (Å²) < 4.78 is 2.75. The van der Waals surface area contributed by atoms with Crippen molar-refractivity contribution in [2.75, 3.05) is 0 Å². The molecule has 3 aromatic rings. The number of aromatic nitrogens is 3. The predicted molar refractivity (Wildman–Crippen MR) is 81.9 cm³/mol. The van der Waals surface area contributed by atoms with E-state index >= 15 is 0 Å². The first-order chi connectivity index (χ1) is 9.75. The van der Waals surface area contributed by atoms with Crippen molar-refractivity contribution in [3.8, 4) is 5.69 Å². The molecule has 1 N–H and O–H groups in total. The Labute approximate surface area is 163 Å². The van der Waals surface area contributed by atoms with Gasteiger partial charge in [-0.2, -0.15) is 4.68 Å². The molecule has 2 aromatic carbocycles. The van der Waals surface area contributed by atoms with Crippen LogP contribution in [0.2, 0.25) is 0 Å². The van der Waals surface area contributed by atoms with Crippen LogP contribution in [-0.4, -0.2) is 65.7 Å². The molecule has 21 heavy (non-hydrogen) atoms. The molecule has 6 heteroatoms. The van der Waals surface area contributed by atoms with Gasteiger partial charge in [0.05, 0.1) is 12.2 Å². The summed E-state index contributed by atoms with van der Waals surface area (Å²) in [5.41, 5.74) is 0.768. The first-order valence-electron chi connectivity index (χ1n) is 6.27. The van der Waals surface area contributed by atoms with Crippen molar-refractivity contribution < 1.29 is 0 Å². The average molecular weight is 306 g/mol. The van der Waals surface area contributed by atoms with Gasteiger partial charge in [-0.3, -0.25) is 4.98 Å². The minimum Gasteiger partial charge on any atom is -0.256 e. The SMILES string of the molecule is O=c1[nH]c(=O)n(-c2ccccc2)n1Cc1ccccc1.[K]. The van der Waals surface area contributed by atoms with Gasteiger partial charge in [0, 0.05) is 51.4 Å². The first kappa shape index (κ1) is 16.2. The van der Waals surface area contributed by atoms with Crippen molar-refractivity contribution in [2.45, 2.75) is 6.54 Å². The number of hydrogen-bond donors (Lipinski definition) is 1. The van der Waals surface area contributed by atoms with Gasteiger partial charge in [0.15, 0.2) is 0 Å². The number of aromatic amines is 1. The van der Waals surface area contributed by atoms with E-state index in [4.69, 9.17) is 0 Å². The fourth-order valence-corrected chi connectivity index (χ4v) is 2.13. The normalized spacial score (nSPS) is 10.1. The van der Waals surface area contributed by atoms with E-state index in [0.717, 1.165) is 5.56 Å². The minimum absolute atomic E-state index is 0. The fraction of sp³-hybridized carbons (Fsp3) is 0.0667. The number of benzene rings is 2. The largest absolute Gasteiger partial charge is 0.349 e. The number of para-hydroxylation sites is 1. The van der Waals surface area contributed by atoms with Crippen LogP contribution in [0.5, 0.6) is 0 Å². The van der Waals surface area contributed by atoms with Crippen molar-refractivity contribution in [3.05, 3.63) is 87.2 Å². The van der Waals surface area contributed by atoms with Crippen LogP contribution in [0.15, 0.2) is 70.3 Å². The number of nitrogens with one attached hydrogen (secondary N) is 1. The number of H-pyrrole nitrogens is 1. The Bertz CT molecular complexity index is 819. The Morgan fingerprint density at radius 1 is 0.810 bits per heavy atom. The fourth-order valence-electron chi connectivity index (χ4n) is 2.13. The third-order valence-electron chi connectivity index (χ3n) is 3.06. The van der Waals surface area contributed by atoms with E-state index in [-0.39, 0.29) is 51.4 Å². The molecule has 0 unspecified atom stereocenters. The molecular weight excluding hydrogens is 293 g/mol. The van der Waals surface area contributed by atoms with Gasteiger partial charge in [-0.25, -0.2) is 14.3 Å². The maximum Gasteiger partial charge on any atom is 0.349 e. The van der Waals surface area contributed by atoms with Crippen molar-refractivity contribution >= 4 is 51.4 Å². The van der Waals surface area contributed by atoms with Crippen LogP contribution in [0.3, 0.4) is 0 Å². The van der Waals surface area contributed by atoms with E-state index in [1.165, 1.54) is 9.36 Å². The molecule has 0 aliphatic rings. The summed E-state index contributed by atoms with van der Waals surface area (Å²) in [4.78, 5) is 26.2. The van der Waals surface area contributed by atoms with Crippen LogP contribution < -0.4 is 11.4 Å². The molecule has 0 spiro atoms. The molecule has 3 rings (SSSR count). The van der Waals surface area contributed by atoms with Crippen LogP contribution in [0.1, 0.15) is 5.56 Å². The summed E-state index contributed by atoms with van der Waals surface area (Å²) in [5.74, 6) is 0. The molecule has 0 aliphatic heterocycles. The Morgan fingerprint density at radius 2 is 1.38 bits per heavy atom. The molecule has 1 radical (unpaired) electrons. The molecule has 0 amide bonds. The van der Waals surface area contributed by atoms with Gasteiger partial charge in [0.1, 0.15) is 0 Å². The minimum atomic E-state index is -0.433. The first-order valence-corrected chi connectivity index (χ1v) is 6.27. The number of nitrogens with zero attached hydrogens (tertiary/aromatic N) is 2. The molecule has 0 atom stereocenters. The van der Waals surface area contributed by atoms with E-state index in [9.17, 15) is 9.59 Å². The van der Waals surface area contributed by atoms with Crippen molar-refractivity contribution in [1.82, 2.24) is 14.3 Å². The average Bonchev–Trinajstić information content (AvgIpc) is 2.75. The van der Waals surface area contributed by atoms with Crippen LogP contribution >= 0.6 is 0 Å². The molecule has 0 saturated carbocycles. The molecule has 101 valence electrons. The second-order valence-corrected chi connectivity index (χ2v) is 4.43. The zero-order valence-electron chi connectivity index (χ0n) is 11.7. The Kier molecular flexibility index (Phi) is 5.55. The van der Waals surface area contributed by atoms with E-state index in [1.807, 2.05) is 48.5 Å². The van der Waals surface area contributed by atoms with Gasteiger partial charge in [0.2, 0.25) is 0 Å². The summed E-state index contributed by atoms with van der Waals surface area (Å²) in [6.07, 6.45) is 0. The molecule has 1 aromatic heterocycles. The third-order valence-corrected chi connectivity index (χ3v) is 3.06. The van der Waals surface area contributed by atoms with E-state index in [1.54, 1.807) is 12.1 Å². The second-order valence-electron chi connectivity index (χ2n) is 4.43. The van der Waals surface area contributed by atoms with Crippen LogP contribution in [0.25, 0.3) is 5.69 Å². The molecule has 5 nitrogen and oxygen atoms in total. The van der Waals surface area contributed by atoms with Gasteiger partial charge in [-0.15, -0.1) is 0 Å². The monoisotopic (exact) mass is 306 g/mol. The second kappa shape index (κ2) is 7.19. The maximum atomic E-state index is 11.9. The summed E-state index contributed by atoms with van der Waals surface area (Å²) in [5, 5.41) is 0. The van der Waals surface area contributed by atoms with E-state index in [2.05, 4.69) is 4.98 Å². The summed E-state index contributed by atoms with van der Waals surface area (Å²) in [6.45, 7) is 0.341. The van der Waals surface area contributed by atoms with Crippen molar-refractivity contribution in [3.63, 3.8) is 0 Å². The van der Waals surface area contributed by atoms with E-state index < -0.39 is 11.4 Å². The number of hydrogen-bond acceptors (Lipinski definition) is 2. The Hall–Kier alpha value is -1.18. The van der Waals surface area contributed by atoms with Gasteiger partial charge in [0.25, 0.3) is 0 Å². The van der Waals surface area contributed by atoms with Gasteiger partial charge in [-0.05, 0) is 17.7 Å². The quantitative estimate of drug-likeness (QED) is 0.734. The smallest absolute Gasteiger partial charge is 0.256 e. The van der Waals surface area contributed by atoms with Crippen molar-refractivity contribution in [1.29, 1.82) is 0 Å². The molecule has 0 aliphatic carbocycles. The molecule has 0 bridgehead atoms. The Morgan fingerprint density at radius 3 is 2.00 bits per heavy atom. The zero-order valence-corrected chi connectivity index (χ0v) is 14.8. The van der Waals surface area contributed by atoms with Gasteiger partial charge < -0.3 is 0 Å². The Balaban J connectivity index is 0.00000161. The van der Waals surface area contributed by atoms with Crippen LogP contribution in [-0.2, 0) is 6.54 Å². The summed E-state index contributed by atoms with van der Waals surface area (Å²) in [6, 6.07) is 18.6. The molecule has 0 saturated heterocycles. The molecular formula is C15H13KN3O2. The standard InChI is InChI=1S/C15H13N3O2.K/c19-14-16-15(20)18(13-9-5-2-6-10-13)17(14)11-12-7-3-1-4-8-12;/h1-10H,11H2,(H,16,19,20);. The van der Waals surface area contributed by atoms with Gasteiger partial charge in [-0.1, -0.05) is 48.5 Å². The zero-order chi connectivity index (χ0) is 13.9.